The van der Waals surface area contributed by atoms with Crippen molar-refractivity contribution in [1.82, 2.24) is 0 Å². The molecule has 0 heteroatoms. The Labute approximate surface area is 116 Å². The van der Waals surface area contributed by atoms with Crippen molar-refractivity contribution in [2.45, 2.75) is 0 Å². The van der Waals surface area contributed by atoms with Crippen LogP contribution < -0.4 is 0 Å². The highest BCUT2D eigenvalue weighted by Crippen LogP contribution is 2.40. The van der Waals surface area contributed by atoms with Gasteiger partial charge < -0.3 is 0 Å². The molecule has 0 nitrogen and oxygen atoms in total. The first-order chi connectivity index (χ1) is 9.93. The third-order valence-electron chi connectivity index (χ3n) is 4.39. The quantitative estimate of drug-likeness (QED) is 0.330. The number of rotatable bonds is 0. The molecule has 0 heterocycles. The zero-order chi connectivity index (χ0) is 13.1. The van der Waals surface area contributed by atoms with E-state index in [1.165, 1.54) is 43.1 Å². The van der Waals surface area contributed by atoms with Crippen molar-refractivity contribution < 1.29 is 0 Å². The van der Waals surface area contributed by atoms with E-state index in [4.69, 9.17) is 0 Å². The Hall–Kier alpha value is -2.60. The van der Waals surface area contributed by atoms with Crippen LogP contribution in [0.4, 0.5) is 0 Å². The molecule has 92 valence electrons. The van der Waals surface area contributed by atoms with E-state index < -0.39 is 0 Å². The fraction of sp³-hybridized carbons (Fsp3) is 0. The number of hydrogen-bond donors (Lipinski definition) is 0. The molecule has 0 unspecified atom stereocenters. The van der Waals surface area contributed by atoms with Crippen molar-refractivity contribution in [2.24, 2.45) is 0 Å². The maximum atomic E-state index is 2.26. The van der Waals surface area contributed by atoms with E-state index in [9.17, 15) is 0 Å². The van der Waals surface area contributed by atoms with Gasteiger partial charge in [0, 0.05) is 0 Å². The molecule has 0 aromatic heterocycles. The number of hydrogen-bond acceptors (Lipinski definition) is 0. The number of benzene rings is 1. The zero-order valence-corrected chi connectivity index (χ0v) is 10.9. The smallest absolute Gasteiger partial charge is 0.00264 e. The van der Waals surface area contributed by atoms with Crippen LogP contribution in [-0.2, 0) is 0 Å². The van der Waals surface area contributed by atoms with Crippen LogP contribution in [0.3, 0.4) is 0 Å². The molecule has 0 radical (unpaired) electrons. The first kappa shape index (κ1) is 10.2. The van der Waals surface area contributed by atoms with E-state index in [1.54, 1.807) is 0 Å². The molecule has 0 N–H and O–H groups in total. The molecule has 5 aromatic rings. The summed E-state index contributed by atoms with van der Waals surface area (Å²) in [6, 6.07) is 26.4. The predicted molar refractivity (Wildman–Crippen MR) is 87.7 cm³/mol. The van der Waals surface area contributed by atoms with E-state index in [0.29, 0.717) is 0 Å². The minimum Gasteiger partial charge on any atom is -0.0616 e. The van der Waals surface area contributed by atoms with Crippen LogP contribution in [0.5, 0.6) is 0 Å². The van der Waals surface area contributed by atoms with Crippen molar-refractivity contribution >= 4 is 43.1 Å². The fourth-order valence-electron chi connectivity index (χ4n) is 3.56. The van der Waals surface area contributed by atoms with Crippen molar-refractivity contribution in [3.05, 3.63) is 72.8 Å². The summed E-state index contributed by atoms with van der Waals surface area (Å²) in [4.78, 5) is 0. The summed E-state index contributed by atoms with van der Waals surface area (Å²) < 4.78 is 0. The lowest BCUT2D eigenvalue weighted by atomic mass is 10.0. The predicted octanol–water partition coefficient (Wildman–Crippen LogP) is 5.74. The van der Waals surface area contributed by atoms with Gasteiger partial charge in [-0.3, -0.25) is 0 Å². The van der Waals surface area contributed by atoms with Crippen LogP contribution in [-0.4, -0.2) is 0 Å². The van der Waals surface area contributed by atoms with Crippen LogP contribution in [0.25, 0.3) is 43.1 Å². The second-order valence-electron chi connectivity index (χ2n) is 5.42. The summed E-state index contributed by atoms with van der Waals surface area (Å²) >= 11 is 0. The Balaban J connectivity index is 2.33. The summed E-state index contributed by atoms with van der Waals surface area (Å²) in [5, 5.41) is 10.9. The average molecular weight is 252 g/mol. The van der Waals surface area contributed by atoms with Crippen molar-refractivity contribution in [3.8, 4) is 0 Å². The van der Waals surface area contributed by atoms with Gasteiger partial charge in [0.15, 0.2) is 0 Å². The maximum absolute atomic E-state index is 2.26. The third kappa shape index (κ3) is 1.12. The molecule has 0 saturated heterocycles. The summed E-state index contributed by atoms with van der Waals surface area (Å²) in [5.74, 6) is 0. The lowest BCUT2D eigenvalue weighted by molar-refractivity contribution is 1.89. The summed E-state index contributed by atoms with van der Waals surface area (Å²) in [6.45, 7) is 0. The highest BCUT2D eigenvalue weighted by atomic mass is 14.1. The van der Waals surface area contributed by atoms with Gasteiger partial charge in [0.05, 0.1) is 0 Å². The number of fused-ring (bicyclic) bond motifs is 2. The average Bonchev–Trinajstić information content (AvgIpc) is 2.91. The van der Waals surface area contributed by atoms with E-state index in [0.717, 1.165) is 0 Å². The van der Waals surface area contributed by atoms with Gasteiger partial charge in [-0.1, -0.05) is 72.8 Å². The van der Waals surface area contributed by atoms with Crippen LogP contribution >= 0.6 is 0 Å². The minimum atomic E-state index is 1.33. The molecule has 5 aromatic carbocycles. The lowest BCUT2D eigenvalue weighted by Gasteiger charge is -2.02. The van der Waals surface area contributed by atoms with Crippen molar-refractivity contribution in [1.29, 1.82) is 0 Å². The molecule has 0 bridgehead atoms. The second-order valence-corrected chi connectivity index (χ2v) is 5.42. The Morgan fingerprint density at radius 1 is 0.350 bits per heavy atom. The molecule has 0 saturated carbocycles. The molecule has 20 heavy (non-hydrogen) atoms. The first-order valence-corrected chi connectivity index (χ1v) is 6.98. The van der Waals surface area contributed by atoms with Gasteiger partial charge in [-0.2, -0.15) is 0 Å². The first-order valence-electron chi connectivity index (χ1n) is 6.98. The standard InChI is InChI=1S/C20H12/c1-3-7-15-16-8-4-2-6-14-10-12-18(20(14)16)17-11-9-13(5-1)19(15)17/h1-12H. The summed E-state index contributed by atoms with van der Waals surface area (Å²) in [7, 11) is 0. The molecule has 0 fully saturated rings. The highest BCUT2D eigenvalue weighted by Gasteiger charge is 2.12. The highest BCUT2D eigenvalue weighted by molar-refractivity contribution is 6.33. The molecule has 0 amide bonds. The van der Waals surface area contributed by atoms with Gasteiger partial charge in [-0.15, -0.1) is 0 Å². The molecular formula is C20H12. The Bertz CT molecular complexity index is 997. The SMILES string of the molecule is c1ccc2c3ccccc4ccc(c5ccc(c1)c25)c43. The zero-order valence-electron chi connectivity index (χ0n) is 10.9. The molecular weight excluding hydrogens is 240 g/mol. The van der Waals surface area contributed by atoms with Gasteiger partial charge in [0.25, 0.3) is 0 Å². The minimum absolute atomic E-state index is 1.33. The van der Waals surface area contributed by atoms with Crippen molar-refractivity contribution in [3.63, 3.8) is 0 Å². The Morgan fingerprint density at radius 3 is 1.25 bits per heavy atom. The third-order valence-corrected chi connectivity index (χ3v) is 4.39. The Morgan fingerprint density at radius 2 is 0.750 bits per heavy atom. The fourth-order valence-corrected chi connectivity index (χ4v) is 3.56. The second kappa shape index (κ2) is 3.49. The molecule has 0 spiro atoms. The van der Waals surface area contributed by atoms with Gasteiger partial charge in [-0.05, 0) is 43.1 Å². The summed E-state index contributed by atoms with van der Waals surface area (Å²) in [5.41, 5.74) is 0. The lowest BCUT2D eigenvalue weighted by Crippen LogP contribution is -1.73. The van der Waals surface area contributed by atoms with Gasteiger partial charge in [0.2, 0.25) is 0 Å². The molecule has 0 aliphatic heterocycles. The van der Waals surface area contributed by atoms with Crippen LogP contribution in [0, 0.1) is 0 Å². The normalized spacial score (nSPS) is 12.0. The summed E-state index contributed by atoms with van der Waals surface area (Å²) in [6.07, 6.45) is 0. The van der Waals surface area contributed by atoms with Crippen LogP contribution in [0.2, 0.25) is 0 Å². The van der Waals surface area contributed by atoms with E-state index in [2.05, 4.69) is 72.8 Å². The van der Waals surface area contributed by atoms with Gasteiger partial charge in [-0.25, -0.2) is 0 Å². The Kier molecular flexibility index (Phi) is 1.78. The maximum Gasteiger partial charge on any atom is -0.00264 e. The monoisotopic (exact) mass is 252 g/mol. The van der Waals surface area contributed by atoms with E-state index >= 15 is 0 Å². The molecule has 5 rings (SSSR count). The largest absolute Gasteiger partial charge is 0.0616 e. The van der Waals surface area contributed by atoms with E-state index in [1.807, 2.05) is 0 Å². The molecule has 0 aliphatic rings. The van der Waals surface area contributed by atoms with Gasteiger partial charge in [0.1, 0.15) is 0 Å². The van der Waals surface area contributed by atoms with Gasteiger partial charge >= 0.3 is 0 Å². The topological polar surface area (TPSA) is 0 Å². The molecule has 0 aliphatic carbocycles. The molecule has 0 atom stereocenters. The van der Waals surface area contributed by atoms with E-state index in [-0.39, 0.29) is 0 Å². The van der Waals surface area contributed by atoms with Crippen LogP contribution in [0.1, 0.15) is 0 Å². The van der Waals surface area contributed by atoms with Crippen molar-refractivity contribution in [2.75, 3.05) is 0 Å². The van der Waals surface area contributed by atoms with Crippen LogP contribution in [0.15, 0.2) is 72.8 Å².